The summed E-state index contributed by atoms with van der Waals surface area (Å²) in [6.45, 7) is 1.90. The maximum Gasteiger partial charge on any atom is 0.573 e. The van der Waals surface area contributed by atoms with Crippen molar-refractivity contribution in [3.8, 4) is 5.75 Å². The number of nitrogens with zero attached hydrogens (tertiary/aromatic N) is 4. The van der Waals surface area contributed by atoms with Gasteiger partial charge in [0, 0.05) is 25.5 Å². The van der Waals surface area contributed by atoms with Crippen molar-refractivity contribution in [2.45, 2.75) is 50.7 Å². The highest BCUT2D eigenvalue weighted by atomic mass is 19.4. The number of allylic oxidation sites excluding steroid dienone is 2. The maximum atomic E-state index is 14.5. The second kappa shape index (κ2) is 11.4. The minimum Gasteiger partial charge on any atom is -0.467 e. The first-order valence-corrected chi connectivity index (χ1v) is 12.5. The first kappa shape index (κ1) is 26.7. The molecule has 1 aromatic carbocycles. The molecule has 1 unspecified atom stereocenters. The fraction of sp³-hybridized carbons (Fsp3) is 0.440. The molecule has 2 aromatic rings. The van der Waals surface area contributed by atoms with Gasteiger partial charge in [-0.3, -0.25) is 0 Å². The molecular weight excluding hydrogens is 524 g/mol. The van der Waals surface area contributed by atoms with E-state index in [1.165, 1.54) is 17.3 Å². The lowest BCUT2D eigenvalue weighted by Crippen LogP contribution is -2.46. The van der Waals surface area contributed by atoms with Crippen molar-refractivity contribution in [1.82, 2.24) is 20.4 Å². The first-order valence-electron chi connectivity index (χ1n) is 12.5. The van der Waals surface area contributed by atoms with E-state index in [0.29, 0.717) is 55.0 Å². The van der Waals surface area contributed by atoms with Crippen molar-refractivity contribution < 1.29 is 36.8 Å². The predicted molar refractivity (Wildman–Crippen MR) is 129 cm³/mol. The summed E-state index contributed by atoms with van der Waals surface area (Å²) >= 11 is 0. The van der Waals surface area contributed by atoms with Crippen LogP contribution in [-0.4, -0.2) is 52.1 Å². The number of benzene rings is 1. The lowest BCUT2D eigenvalue weighted by Gasteiger charge is -2.26. The molecule has 1 saturated heterocycles. The molecule has 3 aliphatic heterocycles. The Bertz CT molecular complexity index is 1270. The van der Waals surface area contributed by atoms with Crippen LogP contribution in [0.25, 0.3) is 0 Å². The summed E-state index contributed by atoms with van der Waals surface area (Å²) < 4.78 is 66.9. The summed E-state index contributed by atoms with van der Waals surface area (Å²) in [5, 5.41) is 4.80. The molecule has 0 radical (unpaired) electrons. The van der Waals surface area contributed by atoms with Crippen molar-refractivity contribution in [3.63, 3.8) is 0 Å². The molecule has 0 spiro atoms. The number of hydrazine groups is 2. The SMILES string of the molecule is O=[N+](NC(C1=CCC=CO1)c1ccc(OC(F)(F)F)c(F)c1)N1CCc2cnc(NC3CCOCC3)nc2C1. The van der Waals surface area contributed by atoms with Crippen molar-refractivity contribution >= 4 is 5.95 Å². The second-order valence-electron chi connectivity index (χ2n) is 9.24. The van der Waals surface area contributed by atoms with Gasteiger partial charge < -0.3 is 19.5 Å². The zero-order valence-electron chi connectivity index (χ0n) is 20.8. The van der Waals surface area contributed by atoms with Gasteiger partial charge in [-0.05, 0) is 61.1 Å². The van der Waals surface area contributed by atoms with Crippen LogP contribution >= 0.6 is 0 Å². The van der Waals surface area contributed by atoms with Gasteiger partial charge >= 0.3 is 6.36 Å². The number of hydrogen-bond acceptors (Lipinski definition) is 7. The highest BCUT2D eigenvalue weighted by Crippen LogP contribution is 2.31. The number of nitrogens with one attached hydrogen (secondary N) is 2. The minimum atomic E-state index is -5.04. The molecule has 0 saturated carbocycles. The average Bonchev–Trinajstić information content (AvgIpc) is 2.93. The van der Waals surface area contributed by atoms with Crippen LogP contribution in [0.3, 0.4) is 0 Å². The van der Waals surface area contributed by atoms with Crippen molar-refractivity contribution in [2.24, 2.45) is 0 Å². The Hall–Kier alpha value is -3.94. The highest BCUT2D eigenvalue weighted by molar-refractivity contribution is 5.35. The van der Waals surface area contributed by atoms with E-state index >= 15 is 0 Å². The molecule has 1 aromatic heterocycles. The highest BCUT2D eigenvalue weighted by Gasteiger charge is 2.35. The summed E-state index contributed by atoms with van der Waals surface area (Å²) in [6, 6.07) is 2.20. The molecule has 0 aliphatic carbocycles. The number of fused-ring (bicyclic) bond motifs is 1. The van der Waals surface area contributed by atoms with Crippen LogP contribution in [0.4, 0.5) is 23.5 Å². The first-order chi connectivity index (χ1) is 18.7. The van der Waals surface area contributed by atoms with Crippen LogP contribution in [0.5, 0.6) is 5.75 Å². The second-order valence-corrected chi connectivity index (χ2v) is 9.24. The van der Waals surface area contributed by atoms with Crippen LogP contribution in [0.15, 0.2) is 48.6 Å². The van der Waals surface area contributed by atoms with E-state index in [1.807, 2.05) is 0 Å². The third-order valence-electron chi connectivity index (χ3n) is 6.53. The molecule has 1 fully saturated rings. The number of alkyl halides is 3. The number of anilines is 1. The van der Waals surface area contributed by atoms with Crippen LogP contribution < -0.4 is 15.5 Å². The molecular formula is C25H27F4N6O4+. The van der Waals surface area contributed by atoms with Crippen LogP contribution in [0.1, 0.15) is 42.1 Å². The van der Waals surface area contributed by atoms with Crippen LogP contribution in [-0.2, 0) is 22.4 Å². The lowest BCUT2D eigenvalue weighted by atomic mass is 10.0. The number of rotatable bonds is 8. The molecule has 208 valence electrons. The fourth-order valence-electron chi connectivity index (χ4n) is 4.54. The summed E-state index contributed by atoms with van der Waals surface area (Å²) in [5.41, 5.74) is 4.55. The third kappa shape index (κ3) is 6.74. The molecule has 5 rings (SSSR count). The molecule has 10 nitrogen and oxygen atoms in total. The average molecular weight is 552 g/mol. The molecule has 0 bridgehead atoms. The number of ether oxygens (including phenoxy) is 3. The Morgan fingerprint density at radius 2 is 2.05 bits per heavy atom. The Balaban J connectivity index is 1.31. The third-order valence-corrected chi connectivity index (χ3v) is 6.53. The van der Waals surface area contributed by atoms with Gasteiger partial charge in [-0.25, -0.2) is 14.4 Å². The van der Waals surface area contributed by atoms with Crippen molar-refractivity contribution in [1.29, 1.82) is 0 Å². The van der Waals surface area contributed by atoms with E-state index in [2.05, 4.69) is 25.4 Å². The molecule has 14 heteroatoms. The van der Waals surface area contributed by atoms with Gasteiger partial charge in [0.25, 0.3) is 0 Å². The molecule has 0 amide bonds. The lowest BCUT2D eigenvalue weighted by molar-refractivity contribution is -0.761. The van der Waals surface area contributed by atoms with E-state index in [9.17, 15) is 22.5 Å². The normalized spacial score (nSPS) is 18.5. The summed E-state index contributed by atoms with van der Waals surface area (Å²) in [7, 11) is 0. The largest absolute Gasteiger partial charge is 0.573 e. The predicted octanol–water partition coefficient (Wildman–Crippen LogP) is 4.22. The van der Waals surface area contributed by atoms with Crippen LogP contribution in [0.2, 0.25) is 0 Å². The summed E-state index contributed by atoms with van der Waals surface area (Å²) in [6.07, 6.45) is 4.30. The Labute approximate surface area is 221 Å². The standard InChI is InChI=1S/C25H27F4N6O4/c26-19-13-16(4-5-21(19)39-25(27,28)29)23(22-3-1-2-10-38-22)33-35(36)34-9-6-17-14-30-24(32-20(17)15-34)31-18-7-11-37-12-8-18/h2-5,10,13-14,18,23H,1,6-9,11-12,15H2,(H,33,36)(H,30,31,32)/q+1. The van der Waals surface area contributed by atoms with Gasteiger partial charge in [0.15, 0.2) is 17.6 Å². The van der Waals surface area contributed by atoms with Gasteiger partial charge in [-0.2, -0.15) is 0 Å². The zero-order valence-corrected chi connectivity index (χ0v) is 20.8. The minimum absolute atomic E-state index is 0.173. The van der Waals surface area contributed by atoms with Gasteiger partial charge in [0.2, 0.25) is 10.9 Å². The maximum absolute atomic E-state index is 14.5. The monoisotopic (exact) mass is 551 g/mol. The molecule has 4 heterocycles. The quantitative estimate of drug-likeness (QED) is 0.284. The van der Waals surface area contributed by atoms with Gasteiger partial charge in [0.05, 0.1) is 23.4 Å². The van der Waals surface area contributed by atoms with Crippen molar-refractivity contribution in [2.75, 3.05) is 25.1 Å². The van der Waals surface area contributed by atoms with Crippen molar-refractivity contribution in [3.05, 3.63) is 76.1 Å². The summed E-state index contributed by atoms with van der Waals surface area (Å²) in [5.74, 6) is -1.42. The van der Waals surface area contributed by atoms with E-state index in [4.69, 9.17) is 9.47 Å². The van der Waals surface area contributed by atoms with E-state index in [-0.39, 0.29) is 18.2 Å². The molecule has 39 heavy (non-hydrogen) atoms. The zero-order chi connectivity index (χ0) is 27.4. The summed E-state index contributed by atoms with van der Waals surface area (Å²) in [4.78, 5) is 22.8. The van der Waals surface area contributed by atoms with Crippen LogP contribution in [0, 0.1) is 10.7 Å². The molecule has 1 atom stereocenters. The Kier molecular flexibility index (Phi) is 7.82. The molecule has 2 N–H and O–H groups in total. The molecule has 3 aliphatic rings. The van der Waals surface area contributed by atoms with Gasteiger partial charge in [-0.15, -0.1) is 23.6 Å². The van der Waals surface area contributed by atoms with E-state index in [1.54, 1.807) is 18.3 Å². The topological polar surface area (TPSA) is 101 Å². The number of halogens is 4. The van der Waals surface area contributed by atoms with E-state index in [0.717, 1.165) is 30.5 Å². The Morgan fingerprint density at radius 3 is 2.77 bits per heavy atom. The van der Waals surface area contributed by atoms with Gasteiger partial charge in [0.1, 0.15) is 12.3 Å². The fourth-order valence-corrected chi connectivity index (χ4v) is 4.54. The Morgan fingerprint density at radius 1 is 1.23 bits per heavy atom. The smallest absolute Gasteiger partial charge is 0.467 e. The van der Waals surface area contributed by atoms with E-state index < -0.39 is 24.0 Å². The number of nitroso groups, excluding NO2 is 1. The number of hydrogen-bond donors (Lipinski definition) is 2. The number of aromatic nitrogens is 2. The van der Waals surface area contributed by atoms with Gasteiger partial charge in [-0.1, -0.05) is 6.07 Å².